The van der Waals surface area contributed by atoms with E-state index in [1.165, 1.54) is 0 Å². The van der Waals surface area contributed by atoms with Gasteiger partial charge in [-0.1, -0.05) is 30.3 Å². The summed E-state index contributed by atoms with van der Waals surface area (Å²) >= 11 is 0. The average molecular weight is 506 g/mol. The Balaban J connectivity index is 1.19. The van der Waals surface area contributed by atoms with Crippen molar-refractivity contribution in [3.05, 3.63) is 85.1 Å². The van der Waals surface area contributed by atoms with Gasteiger partial charge in [0.1, 0.15) is 16.9 Å². The molecule has 6 rings (SSSR count). The molecule has 4 heterocycles. The summed E-state index contributed by atoms with van der Waals surface area (Å²) in [5.74, 6) is 0.736. The quantitative estimate of drug-likeness (QED) is 0.370. The number of nitrogens with zero attached hydrogens (tertiary/aromatic N) is 6. The van der Waals surface area contributed by atoms with Gasteiger partial charge in [-0.25, -0.2) is 14.8 Å². The van der Waals surface area contributed by atoms with Crippen LogP contribution in [0.1, 0.15) is 5.56 Å². The first-order valence-electron chi connectivity index (χ1n) is 12.6. The summed E-state index contributed by atoms with van der Waals surface area (Å²) in [6.45, 7) is 5.05. The number of amides is 1. The maximum Gasteiger partial charge on any atom is 0.418 e. The van der Waals surface area contributed by atoms with Gasteiger partial charge >= 0.3 is 6.09 Å². The van der Waals surface area contributed by atoms with Gasteiger partial charge in [0.05, 0.1) is 0 Å². The van der Waals surface area contributed by atoms with Crippen LogP contribution in [-0.2, 0) is 6.54 Å². The van der Waals surface area contributed by atoms with E-state index in [2.05, 4.69) is 48.2 Å². The molecule has 38 heavy (non-hydrogen) atoms. The van der Waals surface area contributed by atoms with Crippen LogP contribution in [-0.4, -0.2) is 69.1 Å². The molecule has 0 bridgehead atoms. The van der Waals surface area contributed by atoms with Gasteiger partial charge in [-0.2, -0.15) is 0 Å². The van der Waals surface area contributed by atoms with Crippen LogP contribution in [0.4, 0.5) is 10.6 Å². The molecule has 1 aliphatic rings. The van der Waals surface area contributed by atoms with Crippen molar-refractivity contribution in [2.45, 2.75) is 6.54 Å². The number of nitrogens with one attached hydrogen (secondary N) is 1. The molecule has 1 N–H and O–H groups in total. The molecule has 0 aliphatic carbocycles. The second kappa shape index (κ2) is 10.5. The largest absolute Gasteiger partial charge is 0.418 e. The molecule has 9 heteroatoms. The zero-order valence-electron chi connectivity index (χ0n) is 21.0. The Labute approximate surface area is 220 Å². The van der Waals surface area contributed by atoms with Gasteiger partial charge in [0.25, 0.3) is 0 Å². The van der Waals surface area contributed by atoms with Crippen LogP contribution in [0.15, 0.2) is 79.5 Å². The first-order chi connectivity index (χ1) is 18.6. The Kier molecular flexibility index (Phi) is 6.60. The van der Waals surface area contributed by atoms with Crippen LogP contribution in [0.5, 0.6) is 5.75 Å². The first-order valence-corrected chi connectivity index (χ1v) is 12.6. The Morgan fingerprint density at radius 3 is 2.50 bits per heavy atom. The third-order valence-electron chi connectivity index (χ3n) is 6.81. The van der Waals surface area contributed by atoms with Crippen molar-refractivity contribution in [2.24, 2.45) is 0 Å². The van der Waals surface area contributed by atoms with Gasteiger partial charge in [-0.3, -0.25) is 20.2 Å². The number of fused-ring (bicyclic) bond motifs is 2. The SMILES string of the molecule is CN1CCN(Cc2ccc(NC(=O)Oc3ccc(-c4cncc5ccccc45)c4nccnc34)nc2)CC1. The summed E-state index contributed by atoms with van der Waals surface area (Å²) in [5, 5.41) is 4.80. The van der Waals surface area contributed by atoms with Gasteiger partial charge in [-0.15, -0.1) is 0 Å². The van der Waals surface area contributed by atoms with Crippen molar-refractivity contribution in [1.82, 2.24) is 29.7 Å². The number of carbonyl (C=O) groups excluding carboxylic acids is 1. The van der Waals surface area contributed by atoms with Crippen LogP contribution >= 0.6 is 0 Å². The zero-order chi connectivity index (χ0) is 25.9. The Morgan fingerprint density at radius 1 is 0.868 bits per heavy atom. The molecule has 190 valence electrons. The van der Waals surface area contributed by atoms with Gasteiger partial charge in [0.2, 0.25) is 0 Å². The second-order valence-corrected chi connectivity index (χ2v) is 9.42. The van der Waals surface area contributed by atoms with Crippen molar-refractivity contribution < 1.29 is 9.53 Å². The van der Waals surface area contributed by atoms with Crippen molar-refractivity contribution in [3.63, 3.8) is 0 Å². The molecular weight excluding hydrogens is 478 g/mol. The smallest absolute Gasteiger partial charge is 0.408 e. The third kappa shape index (κ3) is 5.02. The van der Waals surface area contributed by atoms with E-state index in [1.54, 1.807) is 30.7 Å². The molecule has 9 nitrogen and oxygen atoms in total. The summed E-state index contributed by atoms with van der Waals surface area (Å²) in [7, 11) is 2.14. The van der Waals surface area contributed by atoms with Crippen molar-refractivity contribution in [1.29, 1.82) is 0 Å². The Bertz CT molecular complexity index is 1590. The summed E-state index contributed by atoms with van der Waals surface area (Å²) in [5.41, 5.74) is 4.02. The van der Waals surface area contributed by atoms with Crippen LogP contribution in [0.25, 0.3) is 32.9 Å². The molecule has 3 aromatic heterocycles. The third-order valence-corrected chi connectivity index (χ3v) is 6.81. The zero-order valence-corrected chi connectivity index (χ0v) is 21.0. The number of ether oxygens (including phenoxy) is 1. The molecule has 1 aliphatic heterocycles. The van der Waals surface area contributed by atoms with Gasteiger partial charge in [0, 0.05) is 80.2 Å². The van der Waals surface area contributed by atoms with Crippen LogP contribution in [0.3, 0.4) is 0 Å². The average Bonchev–Trinajstić information content (AvgIpc) is 2.95. The van der Waals surface area contributed by atoms with Crippen molar-refractivity contribution >= 4 is 33.7 Å². The summed E-state index contributed by atoms with van der Waals surface area (Å²) in [6.07, 6.45) is 8.01. The number of piperazine rings is 1. The fourth-order valence-corrected chi connectivity index (χ4v) is 4.75. The number of hydrogen-bond acceptors (Lipinski definition) is 8. The molecule has 1 saturated heterocycles. The highest BCUT2D eigenvalue weighted by molar-refractivity contribution is 6.04. The van der Waals surface area contributed by atoms with Gasteiger partial charge in [-0.05, 0) is 36.2 Å². The molecule has 1 amide bonds. The Morgan fingerprint density at radius 2 is 1.68 bits per heavy atom. The lowest BCUT2D eigenvalue weighted by atomic mass is 9.99. The number of aromatic nitrogens is 4. The molecule has 0 radical (unpaired) electrons. The first kappa shape index (κ1) is 23.9. The lowest BCUT2D eigenvalue weighted by Gasteiger charge is -2.32. The minimum atomic E-state index is -0.643. The van der Waals surface area contributed by atoms with Crippen LogP contribution in [0, 0.1) is 0 Å². The summed E-state index contributed by atoms with van der Waals surface area (Å²) < 4.78 is 5.65. The molecule has 2 aromatic carbocycles. The standard InChI is InChI=1S/C29H27N7O2/c1-35-12-14-36(15-13-35)19-20-6-9-26(33-16-20)34-29(37)38-25-8-7-23(27-28(25)32-11-10-31-27)24-18-30-17-21-4-2-3-5-22(21)24/h2-11,16-18H,12-15,19H2,1H3,(H,33,34,37). The normalized spacial score (nSPS) is 14.6. The number of anilines is 1. The van der Waals surface area contributed by atoms with Crippen molar-refractivity contribution in [3.8, 4) is 16.9 Å². The van der Waals surface area contributed by atoms with E-state index in [0.29, 0.717) is 22.6 Å². The predicted molar refractivity (Wildman–Crippen MR) is 147 cm³/mol. The molecular formula is C29H27N7O2. The van der Waals surface area contributed by atoms with E-state index < -0.39 is 6.09 Å². The number of carbonyl (C=O) groups is 1. The molecule has 0 atom stereocenters. The monoisotopic (exact) mass is 505 g/mol. The number of hydrogen-bond donors (Lipinski definition) is 1. The summed E-state index contributed by atoms with van der Waals surface area (Å²) in [6, 6.07) is 15.4. The number of rotatable bonds is 5. The van der Waals surface area contributed by atoms with E-state index in [4.69, 9.17) is 4.74 Å². The number of likely N-dealkylation sites (N-methyl/N-ethyl adjacent to an activating group) is 1. The number of benzene rings is 2. The molecule has 0 unspecified atom stereocenters. The Hall–Kier alpha value is -4.47. The lowest BCUT2D eigenvalue weighted by Crippen LogP contribution is -2.43. The predicted octanol–water partition coefficient (Wildman–Crippen LogP) is 4.60. The van der Waals surface area contributed by atoms with E-state index >= 15 is 0 Å². The lowest BCUT2D eigenvalue weighted by molar-refractivity contribution is 0.148. The minimum absolute atomic E-state index is 0.314. The second-order valence-electron chi connectivity index (χ2n) is 9.42. The van der Waals surface area contributed by atoms with Gasteiger partial charge in [0.15, 0.2) is 5.75 Å². The summed E-state index contributed by atoms with van der Waals surface area (Å²) in [4.78, 5) is 35.3. The van der Waals surface area contributed by atoms with Gasteiger partial charge < -0.3 is 9.64 Å². The topological polar surface area (TPSA) is 96.4 Å². The molecule has 1 fully saturated rings. The van der Waals surface area contributed by atoms with E-state index in [0.717, 1.165) is 60.2 Å². The molecule has 0 saturated carbocycles. The van der Waals surface area contributed by atoms with E-state index in [9.17, 15) is 4.79 Å². The maximum atomic E-state index is 12.7. The molecule has 0 spiro atoms. The fraction of sp³-hybridized carbons (Fsp3) is 0.207. The highest BCUT2D eigenvalue weighted by Gasteiger charge is 2.17. The maximum absolute atomic E-state index is 12.7. The highest BCUT2D eigenvalue weighted by Crippen LogP contribution is 2.35. The highest BCUT2D eigenvalue weighted by atomic mass is 16.6. The molecule has 5 aromatic rings. The fourth-order valence-electron chi connectivity index (χ4n) is 4.75. The van der Waals surface area contributed by atoms with Crippen LogP contribution < -0.4 is 10.1 Å². The van der Waals surface area contributed by atoms with E-state index in [-0.39, 0.29) is 0 Å². The van der Waals surface area contributed by atoms with Crippen molar-refractivity contribution in [2.75, 3.05) is 38.5 Å². The van der Waals surface area contributed by atoms with Crippen LogP contribution in [0.2, 0.25) is 0 Å². The van der Waals surface area contributed by atoms with E-state index in [1.807, 2.05) is 42.7 Å². The number of pyridine rings is 2. The minimum Gasteiger partial charge on any atom is -0.408 e.